The van der Waals surface area contributed by atoms with Gasteiger partial charge >= 0.3 is 17.9 Å². The number of unbranched alkanes of at least 4 members (excludes halogenated alkanes) is 33. The Balaban J connectivity index is 4.22. The Labute approximate surface area is 399 Å². The highest BCUT2D eigenvalue weighted by Gasteiger charge is 2.19. The highest BCUT2D eigenvalue weighted by atomic mass is 16.6. The van der Waals surface area contributed by atoms with Crippen LogP contribution < -0.4 is 0 Å². The molecule has 0 bridgehead atoms. The number of rotatable bonds is 51. The van der Waals surface area contributed by atoms with Gasteiger partial charge in [-0.3, -0.25) is 14.4 Å². The molecule has 380 valence electrons. The van der Waals surface area contributed by atoms with E-state index in [1.54, 1.807) is 0 Å². The third kappa shape index (κ3) is 49.8. The molecule has 6 heteroatoms. The van der Waals surface area contributed by atoms with E-state index in [1.165, 1.54) is 199 Å². The van der Waals surface area contributed by atoms with Crippen LogP contribution in [-0.4, -0.2) is 37.2 Å². The van der Waals surface area contributed by atoms with Crippen LogP contribution in [0.1, 0.15) is 318 Å². The van der Waals surface area contributed by atoms with Crippen LogP contribution in [-0.2, 0) is 28.6 Å². The molecule has 64 heavy (non-hydrogen) atoms. The van der Waals surface area contributed by atoms with E-state index in [4.69, 9.17) is 14.2 Å². The molecule has 0 amide bonds. The van der Waals surface area contributed by atoms with Gasteiger partial charge in [-0.15, -0.1) is 0 Å². The Hall–Kier alpha value is -1.59. The fourth-order valence-corrected chi connectivity index (χ4v) is 8.79. The summed E-state index contributed by atoms with van der Waals surface area (Å²) in [4.78, 5) is 38.1. The predicted molar refractivity (Wildman–Crippen MR) is 275 cm³/mol. The molecule has 0 heterocycles. The minimum Gasteiger partial charge on any atom is -0.462 e. The standard InChI is InChI=1S/C58H112O6/c1-7-54(6)46-40-34-28-22-18-14-11-12-16-20-24-30-36-42-48-57(60)63-51-55(64-58(61)49-43-37-31-25-27-33-39-45-53(4)5)50-62-56(59)47-41-35-29-23-19-15-10-8-9-13-17-21-26-32-38-44-52(2)3/h52-55H,7-51H2,1-6H3/t54?,55-/m1/s1. The van der Waals surface area contributed by atoms with E-state index in [2.05, 4.69) is 41.5 Å². The first-order valence-corrected chi connectivity index (χ1v) is 28.6. The molecule has 0 aromatic rings. The van der Waals surface area contributed by atoms with Gasteiger partial charge in [-0.2, -0.15) is 0 Å². The molecule has 0 saturated carbocycles. The fraction of sp³-hybridized carbons (Fsp3) is 0.948. The van der Waals surface area contributed by atoms with E-state index in [0.29, 0.717) is 19.3 Å². The SMILES string of the molecule is CCC(C)CCCCCCCCCCCCCCCCC(=O)OC[C@@H](COC(=O)CCCCCCCCCCCCCCCCCC(C)C)OC(=O)CCCCCCCCCC(C)C. The first kappa shape index (κ1) is 62.4. The van der Waals surface area contributed by atoms with Crippen LogP contribution in [0.2, 0.25) is 0 Å². The summed E-state index contributed by atoms with van der Waals surface area (Å²) in [6, 6.07) is 0. The van der Waals surface area contributed by atoms with Gasteiger partial charge in [-0.1, -0.05) is 279 Å². The lowest BCUT2D eigenvalue weighted by Gasteiger charge is -2.18. The molecule has 0 radical (unpaired) electrons. The topological polar surface area (TPSA) is 78.9 Å². The van der Waals surface area contributed by atoms with Crippen molar-refractivity contribution in [3.63, 3.8) is 0 Å². The largest absolute Gasteiger partial charge is 0.462 e. The minimum atomic E-state index is -0.764. The quantitative estimate of drug-likeness (QED) is 0.0344. The summed E-state index contributed by atoms with van der Waals surface area (Å²) in [5, 5.41) is 0. The van der Waals surface area contributed by atoms with E-state index in [-0.39, 0.29) is 31.1 Å². The Bertz CT molecular complexity index is 993. The molecule has 2 atom stereocenters. The van der Waals surface area contributed by atoms with Gasteiger partial charge in [0, 0.05) is 19.3 Å². The Morgan fingerprint density at radius 3 is 0.812 bits per heavy atom. The third-order valence-electron chi connectivity index (χ3n) is 13.5. The molecule has 0 aliphatic heterocycles. The summed E-state index contributed by atoms with van der Waals surface area (Å²) in [7, 11) is 0. The Kier molecular flexibility index (Phi) is 48.1. The molecule has 0 aliphatic rings. The average molecular weight is 906 g/mol. The van der Waals surface area contributed by atoms with Gasteiger partial charge in [0.25, 0.3) is 0 Å². The zero-order valence-corrected chi connectivity index (χ0v) is 44.1. The third-order valence-corrected chi connectivity index (χ3v) is 13.5. The van der Waals surface area contributed by atoms with Gasteiger partial charge in [0.15, 0.2) is 6.10 Å². The molecule has 6 nitrogen and oxygen atoms in total. The number of esters is 3. The van der Waals surface area contributed by atoms with Crippen molar-refractivity contribution in [2.75, 3.05) is 13.2 Å². The molecule has 0 spiro atoms. The maximum absolute atomic E-state index is 12.8. The predicted octanol–water partition coefficient (Wildman–Crippen LogP) is 18.7. The van der Waals surface area contributed by atoms with Crippen molar-refractivity contribution in [3.8, 4) is 0 Å². The van der Waals surface area contributed by atoms with Gasteiger partial charge in [0.05, 0.1) is 0 Å². The lowest BCUT2D eigenvalue weighted by atomic mass is 9.99. The van der Waals surface area contributed by atoms with E-state index in [1.807, 2.05) is 0 Å². The van der Waals surface area contributed by atoms with Crippen molar-refractivity contribution in [1.82, 2.24) is 0 Å². The lowest BCUT2D eigenvalue weighted by molar-refractivity contribution is -0.167. The van der Waals surface area contributed by atoms with Gasteiger partial charge in [0.1, 0.15) is 13.2 Å². The van der Waals surface area contributed by atoms with Crippen molar-refractivity contribution in [1.29, 1.82) is 0 Å². The van der Waals surface area contributed by atoms with E-state index in [0.717, 1.165) is 75.5 Å². The summed E-state index contributed by atoms with van der Waals surface area (Å²) >= 11 is 0. The van der Waals surface area contributed by atoms with Crippen LogP contribution in [0.15, 0.2) is 0 Å². The molecule has 0 aromatic carbocycles. The molecule has 1 unspecified atom stereocenters. The minimum absolute atomic E-state index is 0.0644. The molecule has 0 N–H and O–H groups in total. The van der Waals surface area contributed by atoms with Crippen molar-refractivity contribution < 1.29 is 28.6 Å². The normalized spacial score (nSPS) is 12.6. The summed E-state index contributed by atoms with van der Waals surface area (Å²) in [6.07, 6.45) is 51.0. The maximum atomic E-state index is 12.8. The Morgan fingerprint density at radius 1 is 0.312 bits per heavy atom. The molecule has 0 aliphatic carbocycles. The molecule has 0 fully saturated rings. The van der Waals surface area contributed by atoms with Crippen LogP contribution in [0, 0.1) is 17.8 Å². The number of ether oxygens (including phenoxy) is 3. The smallest absolute Gasteiger partial charge is 0.306 e. The zero-order valence-electron chi connectivity index (χ0n) is 44.1. The monoisotopic (exact) mass is 905 g/mol. The maximum Gasteiger partial charge on any atom is 0.306 e. The van der Waals surface area contributed by atoms with Crippen LogP contribution in [0.25, 0.3) is 0 Å². The number of carbonyl (C=O) groups excluding carboxylic acids is 3. The van der Waals surface area contributed by atoms with Crippen molar-refractivity contribution in [2.24, 2.45) is 17.8 Å². The first-order chi connectivity index (χ1) is 31.1. The average Bonchev–Trinajstić information content (AvgIpc) is 3.27. The highest BCUT2D eigenvalue weighted by Crippen LogP contribution is 2.19. The highest BCUT2D eigenvalue weighted by molar-refractivity contribution is 5.71. The zero-order chi connectivity index (χ0) is 47.0. The van der Waals surface area contributed by atoms with Gasteiger partial charge < -0.3 is 14.2 Å². The second-order valence-corrected chi connectivity index (χ2v) is 21.1. The van der Waals surface area contributed by atoms with Crippen LogP contribution >= 0.6 is 0 Å². The van der Waals surface area contributed by atoms with Crippen molar-refractivity contribution in [3.05, 3.63) is 0 Å². The van der Waals surface area contributed by atoms with Crippen molar-refractivity contribution >= 4 is 17.9 Å². The van der Waals surface area contributed by atoms with Crippen LogP contribution in [0.5, 0.6) is 0 Å². The molecule has 0 saturated heterocycles. The first-order valence-electron chi connectivity index (χ1n) is 28.6. The molecular weight excluding hydrogens is 793 g/mol. The second kappa shape index (κ2) is 49.3. The van der Waals surface area contributed by atoms with Gasteiger partial charge in [-0.05, 0) is 37.0 Å². The van der Waals surface area contributed by atoms with Crippen LogP contribution in [0.4, 0.5) is 0 Å². The van der Waals surface area contributed by atoms with Crippen LogP contribution in [0.3, 0.4) is 0 Å². The van der Waals surface area contributed by atoms with E-state index in [9.17, 15) is 14.4 Å². The summed E-state index contributed by atoms with van der Waals surface area (Å²) < 4.78 is 16.9. The number of carbonyl (C=O) groups is 3. The molecule has 0 aromatic heterocycles. The van der Waals surface area contributed by atoms with Gasteiger partial charge in [0.2, 0.25) is 0 Å². The lowest BCUT2D eigenvalue weighted by Crippen LogP contribution is -2.30. The van der Waals surface area contributed by atoms with E-state index >= 15 is 0 Å². The summed E-state index contributed by atoms with van der Waals surface area (Å²) in [6.45, 7) is 13.8. The van der Waals surface area contributed by atoms with E-state index < -0.39 is 6.10 Å². The van der Waals surface area contributed by atoms with Crippen molar-refractivity contribution in [2.45, 2.75) is 324 Å². The van der Waals surface area contributed by atoms with Gasteiger partial charge in [-0.25, -0.2) is 0 Å². The second-order valence-electron chi connectivity index (χ2n) is 21.1. The molecular formula is C58H112O6. The Morgan fingerprint density at radius 2 is 0.547 bits per heavy atom. The number of hydrogen-bond donors (Lipinski definition) is 0. The summed E-state index contributed by atoms with van der Waals surface area (Å²) in [5.41, 5.74) is 0. The summed E-state index contributed by atoms with van der Waals surface area (Å²) in [5.74, 6) is 1.67. The number of hydrogen-bond acceptors (Lipinski definition) is 6. The fourth-order valence-electron chi connectivity index (χ4n) is 8.79. The molecule has 0 rings (SSSR count).